The molecule has 0 heterocycles. The van der Waals surface area contributed by atoms with Gasteiger partial charge in [-0.15, -0.1) is 0 Å². The van der Waals surface area contributed by atoms with Crippen LogP contribution in [0.25, 0.3) is 0 Å². The van der Waals surface area contributed by atoms with Crippen LogP contribution in [0.2, 0.25) is 0 Å². The highest BCUT2D eigenvalue weighted by Gasteiger charge is 2.33. The van der Waals surface area contributed by atoms with Gasteiger partial charge in [0, 0.05) is 12.0 Å². The van der Waals surface area contributed by atoms with Crippen LogP contribution in [0, 0.1) is 17.8 Å². The minimum Gasteiger partial charge on any atom is -0.379 e. The van der Waals surface area contributed by atoms with Crippen molar-refractivity contribution in [1.82, 2.24) is 10.6 Å². The summed E-state index contributed by atoms with van der Waals surface area (Å²) in [5.41, 5.74) is 6.14. The average Bonchev–Trinajstić information content (AvgIpc) is 2.55. The quantitative estimate of drug-likeness (QED) is 0.563. The topological polar surface area (TPSA) is 87.4 Å². The van der Waals surface area contributed by atoms with Gasteiger partial charge in [-0.2, -0.15) is 0 Å². The second-order valence-corrected chi connectivity index (χ2v) is 7.56. The zero-order valence-corrected chi connectivity index (χ0v) is 14.8. The normalized spacial score (nSPS) is 34.6. The van der Waals surface area contributed by atoms with E-state index in [0.29, 0.717) is 12.0 Å². The first kappa shape index (κ1) is 18.7. The van der Waals surface area contributed by atoms with Gasteiger partial charge in [0.05, 0.1) is 6.17 Å². The van der Waals surface area contributed by atoms with Crippen LogP contribution in [0.3, 0.4) is 0 Å². The van der Waals surface area contributed by atoms with Gasteiger partial charge in [0.25, 0.3) is 0 Å². The number of carbonyl (C=O) groups excluding carboxylic acids is 1. The zero-order chi connectivity index (χ0) is 16.8. The molecule has 2 saturated carbocycles. The largest absolute Gasteiger partial charge is 0.379 e. The molecule has 0 bridgehead atoms. The fourth-order valence-corrected chi connectivity index (χ4v) is 4.39. The van der Waals surface area contributed by atoms with Gasteiger partial charge >= 0.3 is 0 Å². The Labute approximate surface area is 140 Å². The maximum atomic E-state index is 12.7. The number of carbonyl (C=O) groups is 1. The third-order valence-electron chi connectivity index (χ3n) is 5.79. The smallest absolute Gasteiger partial charge is 0.223 e. The van der Waals surface area contributed by atoms with E-state index in [-0.39, 0.29) is 23.9 Å². The van der Waals surface area contributed by atoms with Crippen LogP contribution in [0.15, 0.2) is 0 Å². The molecule has 23 heavy (non-hydrogen) atoms. The van der Waals surface area contributed by atoms with E-state index in [1.54, 1.807) is 6.92 Å². The molecule has 0 aromatic heterocycles. The summed E-state index contributed by atoms with van der Waals surface area (Å²) in [6, 6.07) is 0.367. The van der Waals surface area contributed by atoms with Crippen LogP contribution in [0.4, 0.5) is 0 Å². The zero-order valence-electron chi connectivity index (χ0n) is 14.8. The van der Waals surface area contributed by atoms with Crippen molar-refractivity contribution in [2.45, 2.75) is 90.1 Å². The lowest BCUT2D eigenvalue weighted by atomic mass is 9.78. The fourth-order valence-electron chi connectivity index (χ4n) is 4.39. The van der Waals surface area contributed by atoms with Crippen LogP contribution < -0.4 is 16.4 Å². The van der Waals surface area contributed by atoms with Crippen molar-refractivity contribution < 1.29 is 9.90 Å². The number of hydrogen-bond donors (Lipinski definition) is 4. The highest BCUT2D eigenvalue weighted by Crippen LogP contribution is 2.32. The summed E-state index contributed by atoms with van der Waals surface area (Å²) in [6.45, 7) is 3.91. The van der Waals surface area contributed by atoms with Crippen molar-refractivity contribution in [3.05, 3.63) is 0 Å². The van der Waals surface area contributed by atoms with Gasteiger partial charge in [0.2, 0.25) is 5.91 Å². The molecule has 5 heteroatoms. The summed E-state index contributed by atoms with van der Waals surface area (Å²) >= 11 is 0. The molecule has 5 nitrogen and oxygen atoms in total. The minimum atomic E-state index is -0.605. The van der Waals surface area contributed by atoms with E-state index >= 15 is 0 Å². The van der Waals surface area contributed by atoms with Crippen molar-refractivity contribution in [3.63, 3.8) is 0 Å². The third-order valence-corrected chi connectivity index (χ3v) is 5.79. The molecule has 6 unspecified atom stereocenters. The van der Waals surface area contributed by atoms with Crippen molar-refractivity contribution in [2.75, 3.05) is 0 Å². The number of rotatable bonds is 6. The van der Waals surface area contributed by atoms with Gasteiger partial charge in [-0.3, -0.25) is 10.1 Å². The predicted octanol–water partition coefficient (Wildman–Crippen LogP) is 2.09. The molecule has 0 aliphatic heterocycles. The van der Waals surface area contributed by atoms with Gasteiger partial charge in [0.15, 0.2) is 0 Å². The highest BCUT2D eigenvalue weighted by atomic mass is 16.3. The Kier molecular flexibility index (Phi) is 7.31. The van der Waals surface area contributed by atoms with E-state index in [1.807, 2.05) is 0 Å². The fraction of sp³-hybridized carbons (Fsp3) is 0.944. The summed E-state index contributed by atoms with van der Waals surface area (Å²) in [5, 5.41) is 15.7. The molecule has 2 aliphatic carbocycles. The van der Waals surface area contributed by atoms with Crippen molar-refractivity contribution in [1.29, 1.82) is 0 Å². The number of aliphatic hydroxyl groups excluding tert-OH is 1. The summed E-state index contributed by atoms with van der Waals surface area (Å²) in [5.74, 6) is 1.22. The lowest BCUT2D eigenvalue weighted by Crippen LogP contribution is -2.51. The molecule has 0 aromatic rings. The minimum absolute atomic E-state index is 0.0787. The molecule has 0 saturated heterocycles. The van der Waals surface area contributed by atoms with E-state index < -0.39 is 6.23 Å². The highest BCUT2D eigenvalue weighted by molar-refractivity contribution is 5.79. The molecular formula is C18H35N3O2. The maximum absolute atomic E-state index is 12.7. The van der Waals surface area contributed by atoms with Crippen LogP contribution in [0.1, 0.15) is 71.6 Å². The summed E-state index contributed by atoms with van der Waals surface area (Å²) < 4.78 is 0. The molecule has 6 atom stereocenters. The Morgan fingerprint density at radius 2 is 1.96 bits per heavy atom. The van der Waals surface area contributed by atoms with E-state index in [0.717, 1.165) is 38.5 Å². The van der Waals surface area contributed by atoms with E-state index in [9.17, 15) is 9.90 Å². The van der Waals surface area contributed by atoms with Crippen molar-refractivity contribution >= 4 is 5.91 Å². The number of amides is 1. The van der Waals surface area contributed by atoms with E-state index in [1.165, 1.54) is 19.3 Å². The number of hydrogen-bond acceptors (Lipinski definition) is 4. The average molecular weight is 325 g/mol. The summed E-state index contributed by atoms with van der Waals surface area (Å²) in [6.07, 6.45) is 9.10. The Hall–Kier alpha value is -0.650. The Balaban J connectivity index is 1.86. The monoisotopic (exact) mass is 325 g/mol. The summed E-state index contributed by atoms with van der Waals surface area (Å²) in [4.78, 5) is 12.7. The molecule has 1 amide bonds. The van der Waals surface area contributed by atoms with Crippen molar-refractivity contribution in [3.8, 4) is 0 Å². The molecule has 0 aromatic carbocycles. The third kappa shape index (κ3) is 5.44. The first-order chi connectivity index (χ1) is 11.0. The first-order valence-corrected chi connectivity index (χ1v) is 9.51. The summed E-state index contributed by atoms with van der Waals surface area (Å²) in [7, 11) is 0. The molecule has 2 fully saturated rings. The Bertz CT molecular complexity index is 375. The van der Waals surface area contributed by atoms with E-state index in [4.69, 9.17) is 5.73 Å². The van der Waals surface area contributed by atoms with Gasteiger partial charge in [-0.25, -0.2) is 0 Å². The first-order valence-electron chi connectivity index (χ1n) is 9.51. The predicted molar refractivity (Wildman–Crippen MR) is 92.4 cm³/mol. The Morgan fingerprint density at radius 3 is 2.65 bits per heavy atom. The molecular weight excluding hydrogens is 290 g/mol. The standard InChI is InChI=1S/C18H35N3O2/c1-3-13-7-4-5-10-16(13)21-18(23)15-9-6-8-14(11-15)17(19)20-12(2)22/h12-17,20,22H,3-11,19H2,1-2H3,(H,21,23). The van der Waals surface area contributed by atoms with Gasteiger partial charge in [-0.05, 0) is 50.9 Å². The number of aliphatic hydroxyl groups is 1. The van der Waals surface area contributed by atoms with Crippen LogP contribution in [-0.2, 0) is 4.79 Å². The SMILES string of the molecule is CCC1CCCCC1NC(=O)C1CCCC(C(N)NC(C)O)C1. The van der Waals surface area contributed by atoms with Crippen LogP contribution in [0.5, 0.6) is 0 Å². The molecule has 2 rings (SSSR count). The van der Waals surface area contributed by atoms with E-state index in [2.05, 4.69) is 17.6 Å². The van der Waals surface area contributed by atoms with Gasteiger partial charge < -0.3 is 16.2 Å². The van der Waals surface area contributed by atoms with Crippen LogP contribution in [-0.4, -0.2) is 29.4 Å². The molecule has 2 aliphatic rings. The molecule has 0 spiro atoms. The lowest BCUT2D eigenvalue weighted by molar-refractivity contribution is -0.128. The second kappa shape index (κ2) is 9.00. The second-order valence-electron chi connectivity index (χ2n) is 7.56. The van der Waals surface area contributed by atoms with Gasteiger partial charge in [-0.1, -0.05) is 32.6 Å². The molecule has 134 valence electrons. The van der Waals surface area contributed by atoms with Crippen molar-refractivity contribution in [2.24, 2.45) is 23.5 Å². The lowest BCUT2D eigenvalue weighted by Gasteiger charge is -2.36. The Morgan fingerprint density at radius 1 is 1.22 bits per heavy atom. The molecule has 5 N–H and O–H groups in total. The van der Waals surface area contributed by atoms with Gasteiger partial charge in [0.1, 0.15) is 6.23 Å². The van der Waals surface area contributed by atoms with Crippen LogP contribution >= 0.6 is 0 Å². The number of nitrogens with one attached hydrogen (secondary N) is 2. The molecule has 0 radical (unpaired) electrons. The maximum Gasteiger partial charge on any atom is 0.223 e. The number of nitrogens with two attached hydrogens (primary N) is 1.